The molecule has 100 valence electrons. The number of nitrogens with two attached hydrogens (primary N) is 1. The van der Waals surface area contributed by atoms with Gasteiger partial charge in [0.15, 0.2) is 0 Å². The summed E-state index contributed by atoms with van der Waals surface area (Å²) in [5.41, 5.74) is 6.50. The topological polar surface area (TPSA) is 66.5 Å². The Balaban J connectivity index is 2.46. The lowest BCUT2D eigenvalue weighted by Crippen LogP contribution is -2.51. The molecular formula is C16H19NO2. The van der Waals surface area contributed by atoms with Gasteiger partial charge in [0.05, 0.1) is 11.6 Å². The summed E-state index contributed by atoms with van der Waals surface area (Å²) in [4.78, 5) is 0. The van der Waals surface area contributed by atoms with Gasteiger partial charge in [0, 0.05) is 0 Å². The molecule has 3 unspecified atom stereocenters. The molecule has 2 aromatic rings. The second kappa shape index (κ2) is 5.53. The molecule has 3 heteroatoms. The number of aliphatic hydroxyl groups excluding tert-OH is 2. The maximum atomic E-state index is 10.6. The van der Waals surface area contributed by atoms with Crippen molar-refractivity contribution in [3.05, 3.63) is 71.8 Å². The molecule has 0 fully saturated rings. The molecule has 0 saturated heterocycles. The molecule has 2 rings (SSSR count). The fourth-order valence-electron chi connectivity index (χ4n) is 2.27. The highest BCUT2D eigenvalue weighted by Crippen LogP contribution is 2.35. The SMILES string of the molecule is CC(O)C(N)(c1ccccc1)C(O)c1ccccc1. The molecule has 3 nitrogen and oxygen atoms in total. The van der Waals surface area contributed by atoms with Gasteiger partial charge in [0.1, 0.15) is 6.10 Å². The predicted octanol–water partition coefficient (Wildman–Crippen LogP) is 1.95. The minimum atomic E-state index is -1.23. The molecule has 4 N–H and O–H groups in total. The molecule has 0 aromatic heterocycles. The summed E-state index contributed by atoms with van der Waals surface area (Å²) in [6.07, 6.45) is -1.86. The fraction of sp³-hybridized carbons (Fsp3) is 0.250. The Morgan fingerprint density at radius 1 is 0.895 bits per heavy atom. The number of rotatable bonds is 4. The second-order valence-corrected chi connectivity index (χ2v) is 4.79. The van der Waals surface area contributed by atoms with E-state index in [2.05, 4.69) is 0 Å². The molecule has 0 saturated carbocycles. The predicted molar refractivity (Wildman–Crippen MR) is 75.4 cm³/mol. The smallest absolute Gasteiger partial charge is 0.104 e. The van der Waals surface area contributed by atoms with Crippen LogP contribution in [0.1, 0.15) is 24.2 Å². The van der Waals surface area contributed by atoms with E-state index in [1.807, 2.05) is 48.5 Å². The van der Waals surface area contributed by atoms with Crippen molar-refractivity contribution in [3.8, 4) is 0 Å². The molecular weight excluding hydrogens is 238 g/mol. The van der Waals surface area contributed by atoms with Crippen LogP contribution >= 0.6 is 0 Å². The third-order valence-corrected chi connectivity index (χ3v) is 3.53. The lowest BCUT2D eigenvalue weighted by molar-refractivity contribution is -0.00645. The molecule has 2 aromatic carbocycles. The highest BCUT2D eigenvalue weighted by molar-refractivity contribution is 5.32. The number of aliphatic hydroxyl groups is 2. The van der Waals surface area contributed by atoms with Crippen LogP contribution in [0, 0.1) is 0 Å². The van der Waals surface area contributed by atoms with E-state index < -0.39 is 17.7 Å². The summed E-state index contributed by atoms with van der Waals surface area (Å²) < 4.78 is 0. The van der Waals surface area contributed by atoms with Crippen molar-refractivity contribution in [2.45, 2.75) is 24.7 Å². The normalized spacial score (nSPS) is 17.5. The van der Waals surface area contributed by atoms with Crippen molar-refractivity contribution >= 4 is 0 Å². The third kappa shape index (κ3) is 2.54. The summed E-state index contributed by atoms with van der Waals surface area (Å²) in [6.45, 7) is 1.60. The van der Waals surface area contributed by atoms with E-state index in [0.29, 0.717) is 11.1 Å². The fourth-order valence-corrected chi connectivity index (χ4v) is 2.27. The van der Waals surface area contributed by atoms with Crippen LogP contribution in [0.2, 0.25) is 0 Å². The zero-order valence-corrected chi connectivity index (χ0v) is 10.9. The summed E-state index contributed by atoms with van der Waals surface area (Å²) in [5.74, 6) is 0. The quantitative estimate of drug-likeness (QED) is 0.784. The van der Waals surface area contributed by atoms with Crippen molar-refractivity contribution in [2.24, 2.45) is 5.73 Å². The maximum absolute atomic E-state index is 10.6. The molecule has 0 aliphatic heterocycles. The Kier molecular flexibility index (Phi) is 4.00. The van der Waals surface area contributed by atoms with E-state index in [1.165, 1.54) is 0 Å². The first kappa shape index (κ1) is 13.7. The van der Waals surface area contributed by atoms with Gasteiger partial charge in [0.25, 0.3) is 0 Å². The zero-order chi connectivity index (χ0) is 13.9. The second-order valence-electron chi connectivity index (χ2n) is 4.79. The van der Waals surface area contributed by atoms with E-state index in [9.17, 15) is 10.2 Å². The largest absolute Gasteiger partial charge is 0.391 e. The lowest BCUT2D eigenvalue weighted by atomic mass is 9.78. The van der Waals surface area contributed by atoms with Crippen molar-refractivity contribution in [2.75, 3.05) is 0 Å². The Bertz CT molecular complexity index is 513. The van der Waals surface area contributed by atoms with E-state index in [1.54, 1.807) is 19.1 Å². The minimum Gasteiger partial charge on any atom is -0.391 e. The van der Waals surface area contributed by atoms with Gasteiger partial charge >= 0.3 is 0 Å². The van der Waals surface area contributed by atoms with Crippen LogP contribution in [-0.4, -0.2) is 16.3 Å². The zero-order valence-electron chi connectivity index (χ0n) is 10.9. The Morgan fingerprint density at radius 3 is 1.84 bits per heavy atom. The van der Waals surface area contributed by atoms with Gasteiger partial charge in [-0.15, -0.1) is 0 Å². The number of benzene rings is 2. The summed E-state index contributed by atoms with van der Waals surface area (Å²) in [7, 11) is 0. The van der Waals surface area contributed by atoms with Crippen molar-refractivity contribution in [1.29, 1.82) is 0 Å². The van der Waals surface area contributed by atoms with Gasteiger partial charge in [-0.25, -0.2) is 0 Å². The van der Waals surface area contributed by atoms with Crippen LogP contribution in [0.15, 0.2) is 60.7 Å². The molecule has 0 amide bonds. The van der Waals surface area contributed by atoms with Crippen LogP contribution in [0.5, 0.6) is 0 Å². The summed E-state index contributed by atoms with van der Waals surface area (Å²) in [5, 5.41) is 20.6. The molecule has 0 heterocycles. The average Bonchev–Trinajstić information content (AvgIpc) is 2.47. The molecule has 0 spiro atoms. The van der Waals surface area contributed by atoms with Crippen molar-refractivity contribution in [3.63, 3.8) is 0 Å². The van der Waals surface area contributed by atoms with Gasteiger partial charge in [-0.3, -0.25) is 0 Å². The molecule has 0 aliphatic carbocycles. The van der Waals surface area contributed by atoms with Gasteiger partial charge in [0.2, 0.25) is 0 Å². The highest BCUT2D eigenvalue weighted by atomic mass is 16.3. The van der Waals surface area contributed by atoms with Gasteiger partial charge in [-0.1, -0.05) is 60.7 Å². The number of hydrogen-bond acceptors (Lipinski definition) is 3. The molecule has 0 bridgehead atoms. The van der Waals surface area contributed by atoms with E-state index >= 15 is 0 Å². The standard InChI is InChI=1S/C16H19NO2/c1-12(18)16(17,14-10-6-3-7-11-14)15(19)13-8-4-2-5-9-13/h2-12,15,18-19H,17H2,1H3. The third-order valence-electron chi connectivity index (χ3n) is 3.53. The summed E-state index contributed by atoms with van der Waals surface area (Å²) in [6, 6.07) is 18.4. The molecule has 0 radical (unpaired) electrons. The first-order valence-corrected chi connectivity index (χ1v) is 6.32. The van der Waals surface area contributed by atoms with E-state index in [-0.39, 0.29) is 0 Å². The molecule has 3 atom stereocenters. The minimum absolute atomic E-state index is 0.690. The molecule has 0 aliphatic rings. The van der Waals surface area contributed by atoms with Crippen LogP contribution in [-0.2, 0) is 5.54 Å². The van der Waals surface area contributed by atoms with E-state index in [4.69, 9.17) is 5.73 Å². The number of hydrogen-bond donors (Lipinski definition) is 3. The first-order chi connectivity index (χ1) is 9.06. The first-order valence-electron chi connectivity index (χ1n) is 6.32. The van der Waals surface area contributed by atoms with Gasteiger partial charge in [-0.2, -0.15) is 0 Å². The van der Waals surface area contributed by atoms with Crippen LogP contribution < -0.4 is 5.73 Å². The van der Waals surface area contributed by atoms with Crippen molar-refractivity contribution in [1.82, 2.24) is 0 Å². The highest BCUT2D eigenvalue weighted by Gasteiger charge is 2.41. The van der Waals surface area contributed by atoms with E-state index in [0.717, 1.165) is 0 Å². The van der Waals surface area contributed by atoms with Gasteiger partial charge < -0.3 is 15.9 Å². The van der Waals surface area contributed by atoms with Crippen molar-refractivity contribution < 1.29 is 10.2 Å². The average molecular weight is 257 g/mol. The maximum Gasteiger partial charge on any atom is 0.104 e. The van der Waals surface area contributed by atoms with Crippen LogP contribution in [0.25, 0.3) is 0 Å². The van der Waals surface area contributed by atoms with Crippen LogP contribution in [0.4, 0.5) is 0 Å². The molecule has 19 heavy (non-hydrogen) atoms. The Morgan fingerprint density at radius 2 is 1.37 bits per heavy atom. The van der Waals surface area contributed by atoms with Gasteiger partial charge in [-0.05, 0) is 18.1 Å². The summed E-state index contributed by atoms with van der Waals surface area (Å²) >= 11 is 0. The van der Waals surface area contributed by atoms with Crippen LogP contribution in [0.3, 0.4) is 0 Å². The Hall–Kier alpha value is -1.68. The monoisotopic (exact) mass is 257 g/mol. The lowest BCUT2D eigenvalue weighted by Gasteiger charge is -2.37. The Labute approximate surface area is 113 Å².